The van der Waals surface area contributed by atoms with Crippen molar-refractivity contribution in [2.75, 3.05) is 7.11 Å². The molecule has 4 heteroatoms. The van der Waals surface area contributed by atoms with Gasteiger partial charge in [0.15, 0.2) is 0 Å². The third kappa shape index (κ3) is 4.23. The Morgan fingerprint density at radius 1 is 1.47 bits per heavy atom. The molecule has 0 aliphatic carbocycles. The molecule has 0 aromatic rings. The summed E-state index contributed by atoms with van der Waals surface area (Å²) in [6.45, 7) is 7.43. The number of carbonyl (C=O) groups excluding carboxylic acids is 1. The van der Waals surface area contributed by atoms with Gasteiger partial charge in [-0.25, -0.2) is 0 Å². The number of rotatable bonds is 5. The first kappa shape index (κ1) is 13.8. The molecular weight excluding hydrogens is 192 g/mol. The van der Waals surface area contributed by atoms with Crippen LogP contribution in [0.25, 0.3) is 0 Å². The minimum absolute atomic E-state index is 0.131. The monoisotopic (exact) mass is 212 g/mol. The number of nitrogens with one attached hydrogen (secondary N) is 1. The maximum absolute atomic E-state index is 11.5. The molecule has 4 nitrogen and oxygen atoms in total. The number of hydrogen-bond donors (Lipinski definition) is 1. The molecule has 0 aliphatic rings. The minimum Gasteiger partial charge on any atom is -0.468 e. The molecule has 1 atom stereocenters. The second-order valence-electron chi connectivity index (χ2n) is 3.71. The Morgan fingerprint density at radius 3 is 2.27 bits per heavy atom. The molecule has 0 aromatic carbocycles. The first-order valence-corrected chi connectivity index (χ1v) is 5.13. The Hall–Kier alpha value is -1.19. The topological polar surface area (TPSA) is 62.5 Å². The molecule has 15 heavy (non-hydrogen) atoms. The van der Waals surface area contributed by atoms with E-state index in [1.54, 1.807) is 6.92 Å². The fourth-order valence-corrected chi connectivity index (χ4v) is 1.38. The Kier molecular flexibility index (Phi) is 5.82. The summed E-state index contributed by atoms with van der Waals surface area (Å²) in [6, 6.07) is 0.131. The van der Waals surface area contributed by atoms with Gasteiger partial charge >= 0.3 is 5.97 Å². The third-order valence-electron chi connectivity index (χ3n) is 1.99. The van der Waals surface area contributed by atoms with Crippen LogP contribution in [0.1, 0.15) is 34.1 Å². The van der Waals surface area contributed by atoms with Crippen molar-refractivity contribution in [2.45, 2.75) is 40.2 Å². The van der Waals surface area contributed by atoms with Gasteiger partial charge in [-0.3, -0.25) is 9.79 Å². The van der Waals surface area contributed by atoms with Gasteiger partial charge in [-0.2, -0.15) is 0 Å². The number of esters is 1. The lowest BCUT2D eigenvalue weighted by Crippen LogP contribution is -2.31. The molecule has 0 aliphatic heterocycles. The van der Waals surface area contributed by atoms with E-state index >= 15 is 0 Å². The molecule has 0 bridgehead atoms. The highest BCUT2D eigenvalue weighted by atomic mass is 16.5. The highest BCUT2D eigenvalue weighted by molar-refractivity contribution is 6.19. The van der Waals surface area contributed by atoms with Gasteiger partial charge in [0.25, 0.3) is 0 Å². The number of nitrogens with zero attached hydrogens (tertiary/aromatic N) is 1. The molecule has 0 saturated heterocycles. The van der Waals surface area contributed by atoms with E-state index in [1.807, 2.05) is 20.8 Å². The number of carbonyl (C=O) groups is 1. The standard InChI is InChI=1S/C11H20N2O2/c1-6-9(13-7(2)3)10(8(4)12)11(14)15-5/h7,10,12H,6H2,1-5H3. The van der Waals surface area contributed by atoms with Gasteiger partial charge in [0.1, 0.15) is 5.92 Å². The van der Waals surface area contributed by atoms with Crippen LogP contribution in [0.2, 0.25) is 0 Å². The lowest BCUT2D eigenvalue weighted by atomic mass is 9.96. The fourth-order valence-electron chi connectivity index (χ4n) is 1.38. The molecule has 0 amide bonds. The first-order valence-electron chi connectivity index (χ1n) is 5.13. The molecule has 86 valence electrons. The molecule has 0 radical (unpaired) electrons. The fraction of sp³-hybridized carbons (Fsp3) is 0.727. The minimum atomic E-state index is -0.609. The van der Waals surface area contributed by atoms with Crippen molar-refractivity contribution < 1.29 is 9.53 Å². The maximum atomic E-state index is 11.5. The SMILES string of the molecule is CCC(=NC(C)C)C(C(C)=N)C(=O)OC. The van der Waals surface area contributed by atoms with Gasteiger partial charge in [0.2, 0.25) is 0 Å². The van der Waals surface area contributed by atoms with E-state index in [1.165, 1.54) is 7.11 Å². The Morgan fingerprint density at radius 2 is 2.00 bits per heavy atom. The van der Waals surface area contributed by atoms with Crippen LogP contribution in [0.4, 0.5) is 0 Å². The van der Waals surface area contributed by atoms with Crippen LogP contribution in [0.15, 0.2) is 4.99 Å². The van der Waals surface area contributed by atoms with Crippen molar-refractivity contribution in [3.05, 3.63) is 0 Å². The molecule has 0 spiro atoms. The van der Waals surface area contributed by atoms with Crippen LogP contribution in [-0.2, 0) is 9.53 Å². The van der Waals surface area contributed by atoms with Crippen molar-refractivity contribution in [2.24, 2.45) is 10.9 Å². The van der Waals surface area contributed by atoms with Gasteiger partial charge in [0.05, 0.1) is 7.11 Å². The summed E-state index contributed by atoms with van der Waals surface area (Å²) in [5.41, 5.74) is 1.01. The van der Waals surface area contributed by atoms with Gasteiger partial charge in [-0.1, -0.05) is 6.92 Å². The van der Waals surface area contributed by atoms with E-state index in [0.717, 1.165) is 5.71 Å². The zero-order valence-corrected chi connectivity index (χ0v) is 10.1. The van der Waals surface area contributed by atoms with E-state index in [9.17, 15) is 4.79 Å². The predicted octanol–water partition coefficient (Wildman–Crippen LogP) is 2.07. The predicted molar refractivity (Wildman–Crippen MR) is 61.8 cm³/mol. The van der Waals surface area contributed by atoms with Crippen molar-refractivity contribution in [1.82, 2.24) is 0 Å². The van der Waals surface area contributed by atoms with Crippen molar-refractivity contribution >= 4 is 17.4 Å². The van der Waals surface area contributed by atoms with E-state index in [-0.39, 0.29) is 11.8 Å². The van der Waals surface area contributed by atoms with Crippen LogP contribution in [0.3, 0.4) is 0 Å². The number of ether oxygens (including phenoxy) is 1. The van der Waals surface area contributed by atoms with Gasteiger partial charge in [-0.15, -0.1) is 0 Å². The highest BCUT2D eigenvalue weighted by Crippen LogP contribution is 2.10. The van der Waals surface area contributed by atoms with E-state index in [4.69, 9.17) is 5.41 Å². The van der Waals surface area contributed by atoms with Crippen molar-refractivity contribution in [3.63, 3.8) is 0 Å². The lowest BCUT2D eigenvalue weighted by Gasteiger charge is -2.16. The largest absolute Gasteiger partial charge is 0.468 e. The highest BCUT2D eigenvalue weighted by Gasteiger charge is 2.26. The molecule has 1 unspecified atom stereocenters. The van der Waals surface area contributed by atoms with Crippen molar-refractivity contribution in [1.29, 1.82) is 5.41 Å². The summed E-state index contributed by atoms with van der Waals surface area (Å²) in [5.74, 6) is -1.01. The molecular formula is C11H20N2O2. The van der Waals surface area contributed by atoms with Gasteiger partial charge < -0.3 is 10.1 Å². The summed E-state index contributed by atoms with van der Waals surface area (Å²) in [4.78, 5) is 15.9. The average molecular weight is 212 g/mol. The summed E-state index contributed by atoms with van der Waals surface area (Å²) < 4.78 is 4.68. The van der Waals surface area contributed by atoms with Crippen molar-refractivity contribution in [3.8, 4) is 0 Å². The molecule has 0 saturated carbocycles. The van der Waals surface area contributed by atoms with Crippen LogP contribution < -0.4 is 0 Å². The molecule has 0 rings (SSSR count). The summed E-state index contributed by atoms with van der Waals surface area (Å²) >= 11 is 0. The third-order valence-corrected chi connectivity index (χ3v) is 1.99. The normalized spacial score (nSPS) is 13.9. The smallest absolute Gasteiger partial charge is 0.320 e. The quantitative estimate of drug-likeness (QED) is 0.560. The molecule has 1 N–H and O–H groups in total. The summed E-state index contributed by atoms with van der Waals surface area (Å²) in [5, 5.41) is 7.58. The summed E-state index contributed by atoms with van der Waals surface area (Å²) in [6.07, 6.45) is 0.661. The lowest BCUT2D eigenvalue weighted by molar-refractivity contribution is -0.141. The first-order chi connectivity index (χ1) is 6.93. The number of methoxy groups -OCH3 is 1. The second kappa shape index (κ2) is 6.32. The van der Waals surface area contributed by atoms with Crippen LogP contribution in [0, 0.1) is 11.3 Å². The van der Waals surface area contributed by atoms with Gasteiger partial charge in [-0.05, 0) is 27.2 Å². The van der Waals surface area contributed by atoms with Crippen LogP contribution in [0.5, 0.6) is 0 Å². The molecule has 0 heterocycles. The van der Waals surface area contributed by atoms with Gasteiger partial charge in [0, 0.05) is 17.5 Å². The van der Waals surface area contributed by atoms with Crippen LogP contribution >= 0.6 is 0 Å². The maximum Gasteiger partial charge on any atom is 0.320 e. The Balaban J connectivity index is 5.04. The number of hydrogen-bond acceptors (Lipinski definition) is 4. The van der Waals surface area contributed by atoms with Crippen LogP contribution in [-0.4, -0.2) is 30.5 Å². The summed E-state index contributed by atoms with van der Waals surface area (Å²) in [7, 11) is 1.33. The Labute approximate surface area is 91.2 Å². The molecule has 0 fully saturated rings. The average Bonchev–Trinajstić information content (AvgIpc) is 2.15. The van der Waals surface area contributed by atoms with E-state index in [2.05, 4.69) is 9.73 Å². The zero-order valence-electron chi connectivity index (χ0n) is 10.1. The number of aliphatic imine (C=N–C) groups is 1. The Bertz CT molecular complexity index is 270. The van der Waals surface area contributed by atoms with E-state index in [0.29, 0.717) is 6.42 Å². The zero-order chi connectivity index (χ0) is 12.0. The second-order valence-corrected chi connectivity index (χ2v) is 3.71. The van der Waals surface area contributed by atoms with E-state index < -0.39 is 11.9 Å². The molecule has 0 aromatic heterocycles.